The van der Waals surface area contributed by atoms with E-state index < -0.39 is 0 Å². The van der Waals surface area contributed by atoms with Crippen LogP contribution in [0, 0.1) is 0 Å². The van der Waals surface area contributed by atoms with E-state index in [4.69, 9.17) is 11.6 Å². The van der Waals surface area contributed by atoms with Gasteiger partial charge in [0, 0.05) is 17.0 Å². The highest BCUT2D eigenvalue weighted by Gasteiger charge is 2.11. The van der Waals surface area contributed by atoms with Crippen LogP contribution in [0.1, 0.15) is 26.3 Å². The van der Waals surface area contributed by atoms with Crippen LogP contribution in [-0.2, 0) is 11.2 Å². The van der Waals surface area contributed by atoms with Crippen molar-refractivity contribution in [2.45, 2.75) is 32.7 Å². The van der Waals surface area contributed by atoms with Gasteiger partial charge < -0.3 is 5.32 Å². The SMILES string of the molecule is CC(C)(C)NCC(=O)Cc1ccc(Cl)cc1. The van der Waals surface area contributed by atoms with Crippen molar-refractivity contribution < 1.29 is 4.79 Å². The third-order valence-electron chi connectivity index (χ3n) is 2.13. The Morgan fingerprint density at radius 3 is 2.31 bits per heavy atom. The van der Waals surface area contributed by atoms with E-state index in [2.05, 4.69) is 5.32 Å². The first-order valence-corrected chi connectivity index (χ1v) is 5.76. The maximum absolute atomic E-state index is 11.6. The number of benzene rings is 1. The van der Waals surface area contributed by atoms with Crippen LogP contribution in [0.5, 0.6) is 0 Å². The van der Waals surface area contributed by atoms with Crippen LogP contribution in [0.15, 0.2) is 24.3 Å². The smallest absolute Gasteiger partial charge is 0.150 e. The fourth-order valence-corrected chi connectivity index (χ4v) is 1.38. The number of carbonyl (C=O) groups is 1. The molecule has 16 heavy (non-hydrogen) atoms. The lowest BCUT2D eigenvalue weighted by molar-refractivity contribution is -0.117. The molecule has 2 nitrogen and oxygen atoms in total. The fourth-order valence-electron chi connectivity index (χ4n) is 1.26. The van der Waals surface area contributed by atoms with E-state index in [1.807, 2.05) is 32.9 Å². The fraction of sp³-hybridized carbons (Fsp3) is 0.462. The molecule has 0 aliphatic rings. The molecule has 0 saturated carbocycles. The van der Waals surface area contributed by atoms with Crippen molar-refractivity contribution >= 4 is 17.4 Å². The van der Waals surface area contributed by atoms with Crippen LogP contribution in [0.2, 0.25) is 5.02 Å². The average Bonchev–Trinajstić information content (AvgIpc) is 2.18. The summed E-state index contributed by atoms with van der Waals surface area (Å²) in [6.07, 6.45) is 0.459. The average molecular weight is 240 g/mol. The highest BCUT2D eigenvalue weighted by atomic mass is 35.5. The van der Waals surface area contributed by atoms with Crippen molar-refractivity contribution in [3.05, 3.63) is 34.9 Å². The molecule has 0 amide bonds. The minimum absolute atomic E-state index is 0.0182. The topological polar surface area (TPSA) is 29.1 Å². The highest BCUT2D eigenvalue weighted by molar-refractivity contribution is 6.30. The summed E-state index contributed by atoms with van der Waals surface area (Å²) in [4.78, 5) is 11.6. The molecule has 0 radical (unpaired) electrons. The van der Waals surface area contributed by atoms with Crippen LogP contribution in [0.25, 0.3) is 0 Å². The van der Waals surface area contributed by atoms with Gasteiger partial charge in [0.2, 0.25) is 0 Å². The van der Waals surface area contributed by atoms with Gasteiger partial charge in [0.15, 0.2) is 5.78 Å². The van der Waals surface area contributed by atoms with Crippen LogP contribution >= 0.6 is 11.6 Å². The summed E-state index contributed by atoms with van der Waals surface area (Å²) in [6, 6.07) is 7.39. The maximum Gasteiger partial charge on any atom is 0.150 e. The summed E-state index contributed by atoms with van der Waals surface area (Å²) in [5.41, 5.74) is 0.987. The van der Waals surface area contributed by atoms with Crippen molar-refractivity contribution in [1.29, 1.82) is 0 Å². The number of halogens is 1. The molecule has 0 fully saturated rings. The minimum atomic E-state index is -0.0182. The van der Waals surface area contributed by atoms with E-state index in [1.165, 1.54) is 0 Å². The van der Waals surface area contributed by atoms with E-state index >= 15 is 0 Å². The van der Waals surface area contributed by atoms with Gasteiger partial charge in [-0.2, -0.15) is 0 Å². The first-order chi connectivity index (χ1) is 7.37. The number of nitrogens with one attached hydrogen (secondary N) is 1. The van der Waals surface area contributed by atoms with E-state index in [0.717, 1.165) is 5.56 Å². The van der Waals surface area contributed by atoms with Crippen molar-refractivity contribution in [2.75, 3.05) is 6.54 Å². The molecular weight excluding hydrogens is 222 g/mol. The molecule has 1 aromatic rings. The molecule has 0 spiro atoms. The molecule has 0 aromatic heterocycles. The molecule has 3 heteroatoms. The molecule has 1 N–H and O–H groups in total. The molecule has 0 heterocycles. The highest BCUT2D eigenvalue weighted by Crippen LogP contribution is 2.10. The predicted octanol–water partition coefficient (Wildman–Crippen LogP) is 2.84. The van der Waals surface area contributed by atoms with E-state index in [1.54, 1.807) is 12.1 Å². The Kier molecular flexibility index (Phi) is 4.51. The number of rotatable bonds is 4. The van der Waals surface area contributed by atoms with Gasteiger partial charge >= 0.3 is 0 Å². The summed E-state index contributed by atoms with van der Waals surface area (Å²) >= 11 is 5.77. The second-order valence-electron chi connectivity index (χ2n) is 4.95. The molecule has 1 rings (SSSR count). The van der Waals surface area contributed by atoms with Crippen molar-refractivity contribution in [1.82, 2.24) is 5.32 Å². The van der Waals surface area contributed by atoms with Crippen LogP contribution < -0.4 is 5.32 Å². The van der Waals surface area contributed by atoms with Crippen LogP contribution in [0.4, 0.5) is 0 Å². The summed E-state index contributed by atoms with van der Waals surface area (Å²) in [6.45, 7) is 6.54. The van der Waals surface area contributed by atoms with E-state index in [-0.39, 0.29) is 11.3 Å². The van der Waals surface area contributed by atoms with Crippen LogP contribution in [0.3, 0.4) is 0 Å². The third-order valence-corrected chi connectivity index (χ3v) is 2.38. The van der Waals surface area contributed by atoms with Crippen molar-refractivity contribution in [2.24, 2.45) is 0 Å². The second-order valence-corrected chi connectivity index (χ2v) is 5.38. The van der Waals surface area contributed by atoms with Crippen LogP contribution in [-0.4, -0.2) is 17.9 Å². The van der Waals surface area contributed by atoms with Crippen molar-refractivity contribution in [3.63, 3.8) is 0 Å². The lowest BCUT2D eigenvalue weighted by atomic mass is 10.1. The third kappa shape index (κ3) is 5.29. The Hall–Kier alpha value is -0.860. The molecule has 0 aliphatic carbocycles. The zero-order valence-corrected chi connectivity index (χ0v) is 10.8. The Bertz CT molecular complexity index is 351. The van der Waals surface area contributed by atoms with Gasteiger partial charge in [-0.25, -0.2) is 0 Å². The zero-order chi connectivity index (χ0) is 12.2. The lowest BCUT2D eigenvalue weighted by Gasteiger charge is -2.19. The molecule has 88 valence electrons. The Balaban J connectivity index is 2.43. The molecule has 0 bridgehead atoms. The van der Waals surface area contributed by atoms with Gasteiger partial charge in [-0.15, -0.1) is 0 Å². The molecule has 0 unspecified atom stereocenters. The quantitative estimate of drug-likeness (QED) is 0.876. The number of hydrogen-bond acceptors (Lipinski definition) is 2. The van der Waals surface area contributed by atoms with Gasteiger partial charge in [-0.1, -0.05) is 23.7 Å². The number of hydrogen-bond donors (Lipinski definition) is 1. The minimum Gasteiger partial charge on any atom is -0.305 e. The normalized spacial score (nSPS) is 11.5. The standard InChI is InChI=1S/C13H18ClNO/c1-13(2,3)15-9-12(16)8-10-4-6-11(14)7-5-10/h4-7,15H,8-9H2,1-3H3. The monoisotopic (exact) mass is 239 g/mol. The molecular formula is C13H18ClNO. The lowest BCUT2D eigenvalue weighted by Crippen LogP contribution is -2.39. The summed E-state index contributed by atoms with van der Waals surface area (Å²) in [5, 5.41) is 3.88. The van der Waals surface area contributed by atoms with Gasteiger partial charge in [-0.3, -0.25) is 4.79 Å². The number of carbonyl (C=O) groups excluding carboxylic acids is 1. The predicted molar refractivity (Wildman–Crippen MR) is 67.9 cm³/mol. The first kappa shape index (κ1) is 13.2. The Morgan fingerprint density at radius 1 is 1.25 bits per heavy atom. The van der Waals surface area contributed by atoms with Gasteiger partial charge in [0.25, 0.3) is 0 Å². The van der Waals surface area contributed by atoms with Gasteiger partial charge in [0.1, 0.15) is 0 Å². The Morgan fingerprint density at radius 2 is 1.81 bits per heavy atom. The Labute approximate surface area is 102 Å². The molecule has 0 saturated heterocycles. The first-order valence-electron chi connectivity index (χ1n) is 5.38. The molecule has 0 atom stereocenters. The van der Waals surface area contributed by atoms with E-state index in [0.29, 0.717) is 18.0 Å². The molecule has 1 aromatic carbocycles. The zero-order valence-electron chi connectivity index (χ0n) is 10.0. The van der Waals surface area contributed by atoms with E-state index in [9.17, 15) is 4.79 Å². The van der Waals surface area contributed by atoms with Gasteiger partial charge in [-0.05, 0) is 38.5 Å². The largest absolute Gasteiger partial charge is 0.305 e. The summed E-state index contributed by atoms with van der Waals surface area (Å²) in [7, 11) is 0. The summed E-state index contributed by atoms with van der Waals surface area (Å²) in [5.74, 6) is 0.192. The second kappa shape index (κ2) is 5.46. The summed E-state index contributed by atoms with van der Waals surface area (Å²) < 4.78 is 0. The van der Waals surface area contributed by atoms with Crippen molar-refractivity contribution in [3.8, 4) is 0 Å². The number of Topliss-reactive ketones (excluding diaryl/α,β-unsaturated/α-hetero) is 1. The van der Waals surface area contributed by atoms with Gasteiger partial charge in [0.05, 0.1) is 6.54 Å². The maximum atomic E-state index is 11.6. The number of ketones is 1. The molecule has 0 aliphatic heterocycles.